The number of aliphatic carboxylic acids is 1. The van der Waals surface area contributed by atoms with Gasteiger partial charge in [0, 0.05) is 5.56 Å². The molecule has 6 nitrogen and oxygen atoms in total. The number of carbonyl (C=O) groups is 2. The Bertz CT molecular complexity index is 592. The first kappa shape index (κ1) is 12.8. The Kier molecular flexibility index (Phi) is 3.61. The minimum Gasteiger partial charge on any atom is -0.480 e. The zero-order valence-corrected chi connectivity index (χ0v) is 10.3. The van der Waals surface area contributed by atoms with E-state index in [1.807, 2.05) is 30.3 Å². The Morgan fingerprint density at radius 3 is 2.63 bits per heavy atom. The third-order valence-corrected chi connectivity index (χ3v) is 2.61. The molecule has 98 valence electrons. The smallest absolute Gasteiger partial charge is 0.325 e. The van der Waals surface area contributed by atoms with Gasteiger partial charge in [-0.25, -0.2) is 0 Å². The van der Waals surface area contributed by atoms with Crippen molar-refractivity contribution < 1.29 is 14.7 Å². The molecule has 1 amide bonds. The van der Waals surface area contributed by atoms with Crippen molar-refractivity contribution in [3.8, 4) is 11.3 Å². The Labute approximate surface area is 109 Å². The van der Waals surface area contributed by atoms with Crippen LogP contribution in [0, 0.1) is 0 Å². The molecule has 1 aromatic heterocycles. The van der Waals surface area contributed by atoms with Gasteiger partial charge >= 0.3 is 5.97 Å². The van der Waals surface area contributed by atoms with Gasteiger partial charge in [-0.2, -0.15) is 5.10 Å². The maximum atomic E-state index is 11.8. The molecule has 0 spiro atoms. The zero-order valence-electron chi connectivity index (χ0n) is 10.3. The number of amides is 1. The number of aromatic amines is 1. The molecular formula is C13H13N3O3. The van der Waals surface area contributed by atoms with Gasteiger partial charge in [0.1, 0.15) is 11.7 Å². The van der Waals surface area contributed by atoms with E-state index >= 15 is 0 Å². The van der Waals surface area contributed by atoms with Crippen LogP contribution in [-0.2, 0) is 4.79 Å². The first-order valence-corrected chi connectivity index (χ1v) is 5.72. The van der Waals surface area contributed by atoms with Crippen molar-refractivity contribution in [2.75, 3.05) is 0 Å². The van der Waals surface area contributed by atoms with Crippen LogP contribution in [0.4, 0.5) is 0 Å². The van der Waals surface area contributed by atoms with E-state index in [1.165, 1.54) is 6.92 Å². The van der Waals surface area contributed by atoms with Gasteiger partial charge in [-0.3, -0.25) is 14.7 Å². The summed E-state index contributed by atoms with van der Waals surface area (Å²) in [7, 11) is 0. The second-order valence-corrected chi connectivity index (χ2v) is 4.07. The van der Waals surface area contributed by atoms with Gasteiger partial charge in [0.05, 0.1) is 5.69 Å². The van der Waals surface area contributed by atoms with E-state index in [-0.39, 0.29) is 5.69 Å². The third kappa shape index (κ3) is 2.98. The van der Waals surface area contributed by atoms with E-state index in [0.717, 1.165) is 5.56 Å². The number of H-pyrrole nitrogens is 1. The average Bonchev–Trinajstić information content (AvgIpc) is 2.89. The molecule has 0 saturated heterocycles. The van der Waals surface area contributed by atoms with Crippen LogP contribution in [-0.4, -0.2) is 33.2 Å². The van der Waals surface area contributed by atoms with Gasteiger partial charge < -0.3 is 10.4 Å². The van der Waals surface area contributed by atoms with Gasteiger partial charge in [-0.15, -0.1) is 0 Å². The molecule has 3 N–H and O–H groups in total. The summed E-state index contributed by atoms with van der Waals surface area (Å²) in [6.45, 7) is 1.40. The van der Waals surface area contributed by atoms with Crippen molar-refractivity contribution >= 4 is 11.9 Å². The number of nitrogens with zero attached hydrogens (tertiary/aromatic N) is 1. The summed E-state index contributed by atoms with van der Waals surface area (Å²) in [5, 5.41) is 17.7. The SMILES string of the molecule is CC(NC(=O)c1cc(-c2ccccc2)n[nH]1)C(=O)O. The van der Waals surface area contributed by atoms with Gasteiger partial charge in [0.15, 0.2) is 0 Å². The lowest BCUT2D eigenvalue weighted by Gasteiger charge is -2.06. The highest BCUT2D eigenvalue weighted by molar-refractivity contribution is 5.95. The van der Waals surface area contributed by atoms with Crippen LogP contribution in [0.25, 0.3) is 11.3 Å². The second kappa shape index (κ2) is 5.34. The molecule has 2 aromatic rings. The lowest BCUT2D eigenvalue weighted by Crippen LogP contribution is -2.38. The largest absolute Gasteiger partial charge is 0.480 e. The minimum absolute atomic E-state index is 0.229. The molecule has 1 aromatic carbocycles. The Hall–Kier alpha value is -2.63. The number of hydrogen-bond donors (Lipinski definition) is 3. The van der Waals surface area contributed by atoms with Crippen LogP contribution >= 0.6 is 0 Å². The number of carbonyl (C=O) groups excluding carboxylic acids is 1. The fourth-order valence-electron chi connectivity index (χ4n) is 1.53. The number of benzene rings is 1. The summed E-state index contributed by atoms with van der Waals surface area (Å²) in [5.41, 5.74) is 1.74. The summed E-state index contributed by atoms with van der Waals surface area (Å²) in [5.74, 6) is -1.58. The molecule has 6 heteroatoms. The van der Waals surface area contributed by atoms with E-state index in [9.17, 15) is 9.59 Å². The van der Waals surface area contributed by atoms with E-state index < -0.39 is 17.9 Å². The van der Waals surface area contributed by atoms with Crippen LogP contribution in [0.3, 0.4) is 0 Å². The number of aromatic nitrogens is 2. The van der Waals surface area contributed by atoms with Crippen LogP contribution in [0.15, 0.2) is 36.4 Å². The van der Waals surface area contributed by atoms with E-state index in [0.29, 0.717) is 5.69 Å². The first-order valence-electron chi connectivity index (χ1n) is 5.72. The monoisotopic (exact) mass is 259 g/mol. The van der Waals surface area contributed by atoms with Crippen molar-refractivity contribution in [1.29, 1.82) is 0 Å². The lowest BCUT2D eigenvalue weighted by atomic mass is 10.1. The maximum Gasteiger partial charge on any atom is 0.325 e. The molecule has 2 rings (SSSR count). The van der Waals surface area contributed by atoms with Crippen molar-refractivity contribution in [3.63, 3.8) is 0 Å². The summed E-state index contributed by atoms with van der Waals surface area (Å²) < 4.78 is 0. The molecule has 0 aliphatic rings. The van der Waals surface area contributed by atoms with Crippen LogP contribution in [0.5, 0.6) is 0 Å². The Morgan fingerprint density at radius 1 is 1.32 bits per heavy atom. The van der Waals surface area contributed by atoms with Crippen LogP contribution in [0.1, 0.15) is 17.4 Å². The van der Waals surface area contributed by atoms with Crippen LogP contribution in [0.2, 0.25) is 0 Å². The predicted octanol–water partition coefficient (Wildman–Crippen LogP) is 1.28. The molecule has 1 heterocycles. The second-order valence-electron chi connectivity index (χ2n) is 4.07. The summed E-state index contributed by atoms with van der Waals surface area (Å²) in [4.78, 5) is 22.4. The fourth-order valence-corrected chi connectivity index (χ4v) is 1.53. The normalized spacial score (nSPS) is 11.8. The lowest BCUT2D eigenvalue weighted by molar-refractivity contribution is -0.138. The highest BCUT2D eigenvalue weighted by Gasteiger charge is 2.17. The molecule has 0 aliphatic carbocycles. The van der Waals surface area contributed by atoms with Gasteiger partial charge in [0.2, 0.25) is 0 Å². The van der Waals surface area contributed by atoms with Crippen molar-refractivity contribution in [2.24, 2.45) is 0 Å². The van der Waals surface area contributed by atoms with Crippen molar-refractivity contribution in [2.45, 2.75) is 13.0 Å². The summed E-state index contributed by atoms with van der Waals surface area (Å²) in [6, 6.07) is 10.0. The molecule has 19 heavy (non-hydrogen) atoms. The Balaban J connectivity index is 2.13. The first-order chi connectivity index (χ1) is 9.08. The van der Waals surface area contributed by atoms with Gasteiger partial charge in [0.25, 0.3) is 5.91 Å². The van der Waals surface area contributed by atoms with Crippen LogP contribution < -0.4 is 5.32 Å². The van der Waals surface area contributed by atoms with Crippen molar-refractivity contribution in [3.05, 3.63) is 42.1 Å². The number of hydrogen-bond acceptors (Lipinski definition) is 3. The molecule has 0 saturated carbocycles. The van der Waals surface area contributed by atoms with Gasteiger partial charge in [-0.05, 0) is 13.0 Å². The number of rotatable bonds is 4. The minimum atomic E-state index is -1.09. The predicted molar refractivity (Wildman–Crippen MR) is 68.6 cm³/mol. The highest BCUT2D eigenvalue weighted by Crippen LogP contribution is 2.16. The summed E-state index contributed by atoms with van der Waals surface area (Å²) in [6.07, 6.45) is 0. The molecule has 0 fully saturated rings. The molecule has 1 unspecified atom stereocenters. The van der Waals surface area contributed by atoms with Crippen molar-refractivity contribution in [1.82, 2.24) is 15.5 Å². The number of carboxylic acids is 1. The standard InChI is InChI=1S/C13H13N3O3/c1-8(13(18)19)14-12(17)11-7-10(15-16-11)9-5-3-2-4-6-9/h2-8H,1H3,(H,14,17)(H,15,16)(H,18,19). The molecule has 0 bridgehead atoms. The third-order valence-electron chi connectivity index (χ3n) is 2.61. The quantitative estimate of drug-likeness (QED) is 0.770. The zero-order chi connectivity index (χ0) is 13.8. The number of nitrogens with one attached hydrogen (secondary N) is 2. The molecule has 0 radical (unpaired) electrons. The maximum absolute atomic E-state index is 11.8. The fraction of sp³-hybridized carbons (Fsp3) is 0.154. The van der Waals surface area contributed by atoms with E-state index in [1.54, 1.807) is 6.07 Å². The Morgan fingerprint density at radius 2 is 2.00 bits per heavy atom. The van der Waals surface area contributed by atoms with E-state index in [2.05, 4.69) is 15.5 Å². The topological polar surface area (TPSA) is 95.1 Å². The van der Waals surface area contributed by atoms with E-state index in [4.69, 9.17) is 5.11 Å². The summed E-state index contributed by atoms with van der Waals surface area (Å²) >= 11 is 0. The average molecular weight is 259 g/mol. The number of carboxylic acid groups (broad SMARTS) is 1. The van der Waals surface area contributed by atoms with Gasteiger partial charge in [-0.1, -0.05) is 30.3 Å². The molecule has 1 atom stereocenters. The molecule has 0 aliphatic heterocycles. The molecular weight excluding hydrogens is 246 g/mol. The highest BCUT2D eigenvalue weighted by atomic mass is 16.4.